The predicted molar refractivity (Wildman–Crippen MR) is 132 cm³/mol. The lowest BCUT2D eigenvalue weighted by atomic mass is 9.87. The minimum atomic E-state index is 0.0182. The molecule has 1 aliphatic carbocycles. The Bertz CT molecular complexity index is 1150. The number of carbonyl (C=O) groups is 1. The van der Waals surface area contributed by atoms with E-state index in [0.717, 1.165) is 67.3 Å². The molecule has 8 nitrogen and oxygen atoms in total. The van der Waals surface area contributed by atoms with Crippen molar-refractivity contribution in [3.05, 3.63) is 36.4 Å². The van der Waals surface area contributed by atoms with Crippen LogP contribution in [0.15, 0.2) is 30.7 Å². The van der Waals surface area contributed by atoms with Crippen molar-refractivity contribution in [2.24, 2.45) is 13.0 Å². The molecule has 2 aliphatic rings. The first-order chi connectivity index (χ1) is 16.6. The Morgan fingerprint density at radius 1 is 1.03 bits per heavy atom. The zero-order valence-corrected chi connectivity index (χ0v) is 20.2. The molecule has 0 atom stereocenters. The molecule has 0 spiro atoms. The summed E-state index contributed by atoms with van der Waals surface area (Å²) in [7, 11) is 3.75. The van der Waals surface area contributed by atoms with Crippen molar-refractivity contribution >= 4 is 22.5 Å². The fourth-order valence-corrected chi connectivity index (χ4v) is 5.24. The average Bonchev–Trinajstić information content (AvgIpc) is 3.24. The van der Waals surface area contributed by atoms with Crippen LogP contribution in [-0.2, 0) is 23.1 Å². The van der Waals surface area contributed by atoms with E-state index in [1.54, 1.807) is 13.3 Å². The lowest BCUT2D eigenvalue weighted by Gasteiger charge is -2.26. The number of carbonyl (C=O) groups excluding carboxylic acids is 1. The molecule has 4 heterocycles. The summed E-state index contributed by atoms with van der Waals surface area (Å²) < 4.78 is 7.39. The third-order valence-electron chi connectivity index (χ3n) is 7.39. The van der Waals surface area contributed by atoms with Crippen LogP contribution >= 0.6 is 0 Å². The maximum atomic E-state index is 12.8. The number of hydrogen-bond donors (Lipinski definition) is 1. The van der Waals surface area contributed by atoms with Crippen LogP contribution in [0, 0.1) is 5.92 Å². The largest absolute Gasteiger partial charge is 0.381 e. The Balaban J connectivity index is 1.34. The second kappa shape index (κ2) is 10.2. The highest BCUT2D eigenvalue weighted by atomic mass is 16.5. The maximum absolute atomic E-state index is 12.8. The first-order valence-corrected chi connectivity index (χ1v) is 12.4. The lowest BCUT2D eigenvalue weighted by molar-refractivity contribution is -0.121. The summed E-state index contributed by atoms with van der Waals surface area (Å²) in [5, 5.41) is 9.52. The van der Waals surface area contributed by atoms with Crippen LogP contribution in [0.3, 0.4) is 0 Å². The van der Waals surface area contributed by atoms with E-state index in [1.807, 2.05) is 30.2 Å². The van der Waals surface area contributed by atoms with Crippen LogP contribution in [0.5, 0.6) is 0 Å². The van der Waals surface area contributed by atoms with Gasteiger partial charge in [0, 0.05) is 50.0 Å². The second-order valence-corrected chi connectivity index (χ2v) is 9.65. The van der Waals surface area contributed by atoms with Gasteiger partial charge in [-0.1, -0.05) is 6.42 Å². The molecule has 0 bridgehead atoms. The van der Waals surface area contributed by atoms with Gasteiger partial charge < -0.3 is 10.1 Å². The summed E-state index contributed by atoms with van der Waals surface area (Å²) in [6, 6.07) is 4.02. The first-order valence-electron chi connectivity index (χ1n) is 12.4. The molecule has 3 aromatic rings. The summed E-state index contributed by atoms with van der Waals surface area (Å²) in [6.07, 6.45) is 13.2. The number of amides is 1. The molecule has 2 fully saturated rings. The predicted octanol–water partition coefficient (Wildman–Crippen LogP) is 4.16. The molecule has 1 N–H and O–H groups in total. The normalized spacial score (nSPS) is 21.6. The van der Waals surface area contributed by atoms with Gasteiger partial charge in [-0.3, -0.25) is 19.4 Å². The third-order valence-corrected chi connectivity index (χ3v) is 7.39. The zero-order valence-electron chi connectivity index (χ0n) is 20.2. The van der Waals surface area contributed by atoms with E-state index in [-0.39, 0.29) is 17.9 Å². The smallest absolute Gasteiger partial charge is 0.228 e. The molecule has 34 heavy (non-hydrogen) atoms. The van der Waals surface area contributed by atoms with Crippen LogP contribution < -0.4 is 5.32 Å². The standard InChI is InChI=1S/C26H34N6O2/c1-31-24(17-32-10-4-3-5-11-32)22(16-29-31)23-12-19-13-25(28-15-20(19)14-27-23)30-26(33)18-6-8-21(34-2)9-7-18/h12-16,18,21H,3-11,17H2,1-2H3,(H,28,30,33). The Kier molecular flexibility index (Phi) is 6.87. The van der Waals surface area contributed by atoms with Crippen LogP contribution in [0.1, 0.15) is 50.6 Å². The van der Waals surface area contributed by atoms with Crippen molar-refractivity contribution in [1.29, 1.82) is 0 Å². The Hall–Kier alpha value is -2.84. The number of likely N-dealkylation sites (tertiary alicyclic amines) is 1. The topological polar surface area (TPSA) is 85.2 Å². The maximum Gasteiger partial charge on any atom is 0.228 e. The number of rotatable bonds is 6. The van der Waals surface area contributed by atoms with Crippen molar-refractivity contribution in [2.75, 3.05) is 25.5 Å². The van der Waals surface area contributed by atoms with E-state index < -0.39 is 0 Å². The summed E-state index contributed by atoms with van der Waals surface area (Å²) >= 11 is 0. The molecule has 0 aromatic carbocycles. The van der Waals surface area contributed by atoms with Gasteiger partial charge in [-0.05, 0) is 69.1 Å². The number of aryl methyl sites for hydroxylation is 1. The van der Waals surface area contributed by atoms with E-state index in [2.05, 4.69) is 26.4 Å². The highest BCUT2D eigenvalue weighted by molar-refractivity contribution is 5.94. The van der Waals surface area contributed by atoms with Crippen molar-refractivity contribution in [3.8, 4) is 11.3 Å². The van der Waals surface area contributed by atoms with Crippen LogP contribution in [0.4, 0.5) is 5.82 Å². The van der Waals surface area contributed by atoms with Gasteiger partial charge in [-0.2, -0.15) is 5.10 Å². The highest BCUT2D eigenvalue weighted by Gasteiger charge is 2.26. The molecular formula is C26H34N6O2. The van der Waals surface area contributed by atoms with E-state index in [4.69, 9.17) is 9.72 Å². The number of methoxy groups -OCH3 is 1. The lowest BCUT2D eigenvalue weighted by Crippen LogP contribution is -2.30. The molecule has 8 heteroatoms. The summed E-state index contributed by atoms with van der Waals surface area (Å²) in [6.45, 7) is 3.16. The Morgan fingerprint density at radius 2 is 1.79 bits per heavy atom. The molecule has 180 valence electrons. The SMILES string of the molecule is COC1CCC(C(=O)Nc2cc3cc(-c4cnn(C)c4CN4CCCCC4)ncc3cn2)CC1. The molecule has 3 aromatic heterocycles. The number of pyridine rings is 2. The van der Waals surface area contributed by atoms with E-state index in [0.29, 0.717) is 5.82 Å². The van der Waals surface area contributed by atoms with Crippen LogP contribution in [0.2, 0.25) is 0 Å². The first kappa shape index (κ1) is 22.9. The average molecular weight is 463 g/mol. The number of anilines is 1. The van der Waals surface area contributed by atoms with Gasteiger partial charge >= 0.3 is 0 Å². The minimum Gasteiger partial charge on any atom is -0.381 e. The number of fused-ring (bicyclic) bond motifs is 1. The van der Waals surface area contributed by atoms with Crippen LogP contribution in [0.25, 0.3) is 22.0 Å². The summed E-state index contributed by atoms with van der Waals surface area (Å²) in [4.78, 5) is 24.5. The monoisotopic (exact) mass is 462 g/mol. The van der Waals surface area contributed by atoms with Gasteiger partial charge in [-0.25, -0.2) is 4.98 Å². The van der Waals surface area contributed by atoms with Crippen molar-refractivity contribution in [3.63, 3.8) is 0 Å². The van der Waals surface area contributed by atoms with E-state index in [9.17, 15) is 4.79 Å². The quantitative estimate of drug-likeness (QED) is 0.592. The molecule has 1 amide bonds. The molecular weight excluding hydrogens is 428 g/mol. The summed E-state index contributed by atoms with van der Waals surface area (Å²) in [5.74, 6) is 0.652. The van der Waals surface area contributed by atoms with Gasteiger partial charge in [-0.15, -0.1) is 0 Å². The number of aromatic nitrogens is 4. The Morgan fingerprint density at radius 3 is 2.56 bits per heavy atom. The molecule has 1 aliphatic heterocycles. The fourth-order valence-electron chi connectivity index (χ4n) is 5.24. The number of hydrogen-bond acceptors (Lipinski definition) is 6. The third kappa shape index (κ3) is 4.98. The second-order valence-electron chi connectivity index (χ2n) is 9.65. The number of nitrogens with zero attached hydrogens (tertiary/aromatic N) is 5. The van der Waals surface area contributed by atoms with Crippen molar-refractivity contribution < 1.29 is 9.53 Å². The highest BCUT2D eigenvalue weighted by Crippen LogP contribution is 2.29. The molecule has 1 saturated heterocycles. The molecule has 0 radical (unpaired) electrons. The van der Waals surface area contributed by atoms with Gasteiger partial charge in [0.1, 0.15) is 5.82 Å². The van der Waals surface area contributed by atoms with E-state index in [1.165, 1.54) is 25.0 Å². The fraction of sp³-hybridized carbons (Fsp3) is 0.538. The van der Waals surface area contributed by atoms with Crippen molar-refractivity contribution in [2.45, 2.75) is 57.6 Å². The van der Waals surface area contributed by atoms with E-state index >= 15 is 0 Å². The van der Waals surface area contributed by atoms with Crippen molar-refractivity contribution in [1.82, 2.24) is 24.6 Å². The van der Waals surface area contributed by atoms with Gasteiger partial charge in [0.2, 0.25) is 5.91 Å². The molecule has 5 rings (SSSR count). The number of piperidine rings is 1. The van der Waals surface area contributed by atoms with Gasteiger partial charge in [0.25, 0.3) is 0 Å². The van der Waals surface area contributed by atoms with Gasteiger partial charge in [0.05, 0.1) is 23.7 Å². The van der Waals surface area contributed by atoms with Crippen LogP contribution in [-0.4, -0.2) is 56.9 Å². The molecule has 1 saturated carbocycles. The number of ether oxygens (including phenoxy) is 1. The number of nitrogens with one attached hydrogen (secondary N) is 1. The van der Waals surface area contributed by atoms with Gasteiger partial charge in [0.15, 0.2) is 0 Å². The summed E-state index contributed by atoms with van der Waals surface area (Å²) in [5.41, 5.74) is 3.14. The molecule has 0 unspecified atom stereocenters. The zero-order chi connectivity index (χ0) is 23.5. The Labute approximate surface area is 200 Å². The minimum absolute atomic E-state index is 0.0182.